The lowest BCUT2D eigenvalue weighted by Crippen LogP contribution is -2.53. The van der Waals surface area contributed by atoms with Crippen molar-refractivity contribution in [3.63, 3.8) is 0 Å². The second-order valence-corrected chi connectivity index (χ2v) is 9.05. The molecule has 0 heterocycles. The van der Waals surface area contributed by atoms with Crippen molar-refractivity contribution in [1.82, 2.24) is 10.2 Å². The first-order chi connectivity index (χ1) is 18.7. The van der Waals surface area contributed by atoms with Gasteiger partial charge in [0, 0.05) is 31.1 Å². The van der Waals surface area contributed by atoms with Crippen LogP contribution in [-0.4, -0.2) is 47.4 Å². The maximum absolute atomic E-state index is 13.6. The molecule has 10 heteroatoms. The van der Waals surface area contributed by atoms with Gasteiger partial charge in [0.1, 0.15) is 17.6 Å². The highest BCUT2D eigenvalue weighted by atomic mass is 19.1. The zero-order valence-corrected chi connectivity index (χ0v) is 22.1. The average Bonchev–Trinajstić information content (AvgIpc) is 2.94. The number of halogens is 1. The molecule has 0 bridgehead atoms. The second-order valence-electron chi connectivity index (χ2n) is 9.05. The summed E-state index contributed by atoms with van der Waals surface area (Å²) in [4.78, 5) is 39.1. The number of methoxy groups -OCH3 is 1. The molecule has 0 saturated carbocycles. The molecule has 0 aromatic heterocycles. The molecule has 39 heavy (non-hydrogen) atoms. The van der Waals surface area contributed by atoms with E-state index in [1.807, 2.05) is 44.2 Å². The van der Waals surface area contributed by atoms with Crippen molar-refractivity contribution in [3.05, 3.63) is 99.9 Å². The Morgan fingerprint density at radius 1 is 1.05 bits per heavy atom. The zero-order chi connectivity index (χ0) is 28.4. The lowest BCUT2D eigenvalue weighted by atomic mass is 10.0. The summed E-state index contributed by atoms with van der Waals surface area (Å²) in [6, 6.07) is 18.0. The molecule has 0 unspecified atom stereocenters. The largest absolute Gasteiger partial charge is 0.490 e. The third-order valence-electron chi connectivity index (χ3n) is 6.25. The van der Waals surface area contributed by atoms with E-state index in [1.54, 1.807) is 12.1 Å². The summed E-state index contributed by atoms with van der Waals surface area (Å²) in [5, 5.41) is 14.2. The van der Waals surface area contributed by atoms with E-state index < -0.39 is 29.3 Å². The number of ether oxygens (including phenoxy) is 2. The molecule has 3 aromatic carbocycles. The first kappa shape index (κ1) is 29.1. The quantitative estimate of drug-likeness (QED) is 0.250. The molecule has 0 aliphatic rings. The van der Waals surface area contributed by atoms with Crippen LogP contribution in [0.15, 0.2) is 72.8 Å². The molecule has 0 aliphatic carbocycles. The van der Waals surface area contributed by atoms with Gasteiger partial charge in [-0.2, -0.15) is 0 Å². The van der Waals surface area contributed by atoms with Gasteiger partial charge in [-0.05, 0) is 42.7 Å². The van der Waals surface area contributed by atoms with Crippen molar-refractivity contribution in [1.29, 1.82) is 0 Å². The highest BCUT2D eigenvalue weighted by Crippen LogP contribution is 2.30. The number of nitro benzene ring substituents is 1. The minimum Gasteiger partial charge on any atom is -0.490 e. The molecule has 2 amide bonds. The molecule has 2 atom stereocenters. The van der Waals surface area contributed by atoms with E-state index in [1.165, 1.54) is 42.3 Å². The lowest BCUT2D eigenvalue weighted by Gasteiger charge is -2.32. The molecule has 0 saturated heterocycles. The minimum atomic E-state index is -0.881. The fourth-order valence-corrected chi connectivity index (χ4v) is 3.91. The first-order valence-electron chi connectivity index (χ1n) is 12.5. The van der Waals surface area contributed by atoms with Gasteiger partial charge in [-0.15, -0.1) is 0 Å². The number of carbonyl (C=O) groups excluding carboxylic acids is 2. The summed E-state index contributed by atoms with van der Waals surface area (Å²) >= 11 is 0. The van der Waals surface area contributed by atoms with Crippen LogP contribution in [-0.2, 0) is 22.6 Å². The molecule has 9 nitrogen and oxygen atoms in total. The number of benzene rings is 3. The van der Waals surface area contributed by atoms with E-state index in [0.29, 0.717) is 12.0 Å². The van der Waals surface area contributed by atoms with E-state index in [4.69, 9.17) is 9.47 Å². The second kappa shape index (κ2) is 13.9. The Labute approximate surface area is 226 Å². The maximum Gasteiger partial charge on any atom is 0.311 e. The van der Waals surface area contributed by atoms with Crippen molar-refractivity contribution in [2.24, 2.45) is 0 Å². The summed E-state index contributed by atoms with van der Waals surface area (Å²) in [6.45, 7) is 3.43. The average molecular weight is 538 g/mol. The number of hydrogen-bond donors (Lipinski definition) is 1. The van der Waals surface area contributed by atoms with Gasteiger partial charge >= 0.3 is 5.69 Å². The van der Waals surface area contributed by atoms with Gasteiger partial charge in [0.05, 0.1) is 12.0 Å². The Morgan fingerprint density at radius 2 is 1.74 bits per heavy atom. The predicted molar refractivity (Wildman–Crippen MR) is 144 cm³/mol. The van der Waals surface area contributed by atoms with Gasteiger partial charge in [-0.3, -0.25) is 19.7 Å². The van der Waals surface area contributed by atoms with Crippen molar-refractivity contribution in [3.8, 4) is 11.5 Å². The summed E-state index contributed by atoms with van der Waals surface area (Å²) < 4.78 is 24.3. The van der Waals surface area contributed by atoms with Crippen molar-refractivity contribution in [2.45, 2.75) is 45.3 Å². The number of nitrogens with zero attached hydrogens (tertiary/aromatic N) is 2. The van der Waals surface area contributed by atoms with Crippen LogP contribution < -0.4 is 14.8 Å². The molecular weight excluding hydrogens is 505 g/mol. The number of carbonyl (C=O) groups is 2. The van der Waals surface area contributed by atoms with Crippen LogP contribution in [0.5, 0.6) is 11.5 Å². The number of nitro groups is 1. The monoisotopic (exact) mass is 537 g/mol. The Morgan fingerprint density at radius 3 is 2.36 bits per heavy atom. The van der Waals surface area contributed by atoms with Crippen molar-refractivity contribution in [2.75, 3.05) is 13.7 Å². The van der Waals surface area contributed by atoms with Crippen LogP contribution in [0.25, 0.3) is 0 Å². The maximum atomic E-state index is 13.6. The molecule has 206 valence electrons. The molecule has 0 fully saturated rings. The van der Waals surface area contributed by atoms with E-state index in [9.17, 15) is 24.1 Å². The van der Waals surface area contributed by atoms with E-state index in [0.717, 1.165) is 5.56 Å². The molecule has 1 N–H and O–H groups in total. The summed E-state index contributed by atoms with van der Waals surface area (Å²) in [5.74, 6) is -1.04. The molecule has 3 rings (SSSR count). The van der Waals surface area contributed by atoms with E-state index in [2.05, 4.69) is 5.32 Å². The molecule has 0 radical (unpaired) electrons. The van der Waals surface area contributed by atoms with E-state index >= 15 is 0 Å². The number of nitrogens with one attached hydrogen (secondary N) is 1. The Bertz CT molecular complexity index is 1270. The minimum absolute atomic E-state index is 0.0111. The summed E-state index contributed by atoms with van der Waals surface area (Å²) in [5.41, 5.74) is 1.26. The fraction of sp³-hybridized carbons (Fsp3) is 0.310. The standard InChI is InChI=1S/C29H32FN3O6/c1-4-20(2)31-29(35)26(16-21-8-6-5-7-9-21)32(18-22-10-12-23(30)13-11-22)28(34)19-39-24-14-15-25(33(36)37)27(17-24)38-3/h5-15,17,20,26H,4,16,18-19H2,1-3H3,(H,31,35)/t20-,26-/m1/s1. The van der Waals surface area contributed by atoms with Gasteiger partial charge in [-0.25, -0.2) is 4.39 Å². The topological polar surface area (TPSA) is 111 Å². The smallest absolute Gasteiger partial charge is 0.311 e. The molecule has 3 aromatic rings. The summed E-state index contributed by atoms with van der Waals surface area (Å²) in [6.07, 6.45) is 0.961. The van der Waals surface area contributed by atoms with Crippen LogP contribution in [0.2, 0.25) is 0 Å². The van der Waals surface area contributed by atoms with Crippen LogP contribution in [0.1, 0.15) is 31.4 Å². The Kier molecular flexibility index (Phi) is 10.4. The van der Waals surface area contributed by atoms with Gasteiger partial charge in [-0.1, -0.05) is 49.4 Å². The van der Waals surface area contributed by atoms with Gasteiger partial charge < -0.3 is 19.7 Å². The fourth-order valence-electron chi connectivity index (χ4n) is 3.91. The Hall–Kier alpha value is -4.47. The normalized spacial score (nSPS) is 12.2. The zero-order valence-electron chi connectivity index (χ0n) is 22.1. The molecule has 0 aliphatic heterocycles. The molecule has 0 spiro atoms. The van der Waals surface area contributed by atoms with Crippen LogP contribution in [0, 0.1) is 15.9 Å². The third kappa shape index (κ3) is 8.26. The lowest BCUT2D eigenvalue weighted by molar-refractivity contribution is -0.385. The SMILES string of the molecule is CC[C@@H](C)NC(=O)[C@@H](Cc1ccccc1)N(Cc1ccc(F)cc1)C(=O)COc1ccc([N+](=O)[O-])c(OC)c1. The van der Waals surface area contributed by atoms with Crippen LogP contribution >= 0.6 is 0 Å². The molecular formula is C29H32FN3O6. The van der Waals surface area contributed by atoms with E-state index in [-0.39, 0.29) is 42.1 Å². The first-order valence-corrected chi connectivity index (χ1v) is 12.5. The highest BCUT2D eigenvalue weighted by molar-refractivity contribution is 5.88. The third-order valence-corrected chi connectivity index (χ3v) is 6.25. The highest BCUT2D eigenvalue weighted by Gasteiger charge is 2.31. The number of rotatable bonds is 13. The predicted octanol–water partition coefficient (Wildman–Crippen LogP) is 4.68. The number of hydrogen-bond acceptors (Lipinski definition) is 6. The van der Waals surface area contributed by atoms with Gasteiger partial charge in [0.25, 0.3) is 5.91 Å². The van der Waals surface area contributed by atoms with Crippen LogP contribution in [0.3, 0.4) is 0 Å². The summed E-state index contributed by atoms with van der Waals surface area (Å²) in [7, 11) is 1.30. The van der Waals surface area contributed by atoms with Crippen molar-refractivity contribution >= 4 is 17.5 Å². The Balaban J connectivity index is 1.91. The van der Waals surface area contributed by atoms with Crippen LogP contribution in [0.4, 0.5) is 10.1 Å². The van der Waals surface area contributed by atoms with Crippen molar-refractivity contribution < 1.29 is 28.4 Å². The van der Waals surface area contributed by atoms with Gasteiger partial charge in [0.15, 0.2) is 6.61 Å². The van der Waals surface area contributed by atoms with Gasteiger partial charge in [0.2, 0.25) is 11.7 Å². The number of amides is 2.